The van der Waals surface area contributed by atoms with Gasteiger partial charge < -0.3 is 19.4 Å². The van der Waals surface area contributed by atoms with E-state index in [0.717, 1.165) is 44.6 Å². The van der Waals surface area contributed by atoms with Gasteiger partial charge >= 0.3 is 0 Å². The molecular formula is C23H27N5O4. The summed E-state index contributed by atoms with van der Waals surface area (Å²) in [4.78, 5) is 35.0. The Labute approximate surface area is 185 Å². The van der Waals surface area contributed by atoms with Gasteiger partial charge in [-0.15, -0.1) is 0 Å². The minimum Gasteiger partial charge on any atom is -0.474 e. The fourth-order valence-electron chi connectivity index (χ4n) is 4.00. The molecule has 9 nitrogen and oxygen atoms in total. The summed E-state index contributed by atoms with van der Waals surface area (Å²) in [5.41, 5.74) is 1.19. The summed E-state index contributed by atoms with van der Waals surface area (Å²) in [5.74, 6) is 0.674. The fraction of sp³-hybridized carbons (Fsp3) is 0.478. The molecule has 0 spiro atoms. The van der Waals surface area contributed by atoms with Gasteiger partial charge in [-0.2, -0.15) is 4.98 Å². The quantitative estimate of drug-likeness (QED) is 0.610. The van der Waals surface area contributed by atoms with Crippen molar-refractivity contribution in [1.29, 1.82) is 0 Å². The Kier molecular flexibility index (Phi) is 5.42. The lowest BCUT2D eigenvalue weighted by Crippen LogP contribution is -2.25. The molecule has 0 bridgehead atoms. The first-order chi connectivity index (χ1) is 15.5. The SMILES string of the molecule is CC(C)Oc1nc2nc(C[C@@H]3CCOC3)cn2cc1C(=O)Nc1cccn(C2CC2)c1=O. The number of pyridine rings is 1. The van der Waals surface area contributed by atoms with Crippen molar-refractivity contribution in [3.63, 3.8) is 0 Å². The van der Waals surface area contributed by atoms with Crippen LogP contribution in [-0.4, -0.2) is 44.2 Å². The molecule has 2 aliphatic rings. The molecule has 9 heteroatoms. The van der Waals surface area contributed by atoms with E-state index in [4.69, 9.17) is 9.47 Å². The predicted octanol–water partition coefficient (Wildman–Crippen LogP) is 2.84. The van der Waals surface area contributed by atoms with Crippen molar-refractivity contribution in [3.8, 4) is 5.88 Å². The number of ether oxygens (including phenoxy) is 2. The van der Waals surface area contributed by atoms with Crippen molar-refractivity contribution in [1.82, 2.24) is 18.9 Å². The largest absolute Gasteiger partial charge is 0.474 e. The second-order valence-corrected chi connectivity index (χ2v) is 8.82. The zero-order chi connectivity index (χ0) is 22.2. The number of carbonyl (C=O) groups is 1. The van der Waals surface area contributed by atoms with Gasteiger partial charge in [0.1, 0.15) is 11.3 Å². The molecule has 5 rings (SSSR count). The van der Waals surface area contributed by atoms with E-state index in [2.05, 4.69) is 15.3 Å². The average Bonchev–Trinajstić information content (AvgIpc) is 3.32. The third-order valence-electron chi connectivity index (χ3n) is 5.74. The van der Waals surface area contributed by atoms with Crippen LogP contribution in [0.2, 0.25) is 0 Å². The highest BCUT2D eigenvalue weighted by Gasteiger charge is 2.26. The highest BCUT2D eigenvalue weighted by Crippen LogP contribution is 2.33. The summed E-state index contributed by atoms with van der Waals surface area (Å²) in [6.45, 7) is 5.27. The van der Waals surface area contributed by atoms with Crippen LogP contribution in [0, 0.1) is 5.92 Å². The van der Waals surface area contributed by atoms with Gasteiger partial charge in [-0.05, 0) is 57.6 Å². The lowest BCUT2D eigenvalue weighted by molar-refractivity contribution is 0.101. The first kappa shape index (κ1) is 20.7. The Hall–Kier alpha value is -3.20. The molecule has 3 aromatic rings. The summed E-state index contributed by atoms with van der Waals surface area (Å²) in [7, 11) is 0. The zero-order valence-electron chi connectivity index (χ0n) is 18.3. The normalized spacial score (nSPS) is 18.4. The Balaban J connectivity index is 1.46. The lowest BCUT2D eigenvalue weighted by Gasteiger charge is -2.14. The molecule has 4 heterocycles. The molecule has 2 fully saturated rings. The van der Waals surface area contributed by atoms with E-state index in [-0.39, 0.29) is 34.8 Å². The number of hydrogen-bond donors (Lipinski definition) is 1. The van der Waals surface area contributed by atoms with Crippen molar-refractivity contribution >= 4 is 17.4 Å². The molecule has 168 valence electrons. The number of carbonyl (C=O) groups excluding carboxylic acids is 1. The van der Waals surface area contributed by atoms with Gasteiger partial charge in [0.25, 0.3) is 11.5 Å². The number of rotatable bonds is 7. The number of amides is 1. The fourth-order valence-corrected chi connectivity index (χ4v) is 4.00. The number of nitrogens with zero attached hydrogens (tertiary/aromatic N) is 4. The maximum atomic E-state index is 13.2. The summed E-state index contributed by atoms with van der Waals surface area (Å²) >= 11 is 0. The first-order valence-corrected chi connectivity index (χ1v) is 11.1. The second kappa shape index (κ2) is 8.38. The van der Waals surface area contributed by atoms with Gasteiger partial charge in [0.2, 0.25) is 11.7 Å². The van der Waals surface area contributed by atoms with Crippen LogP contribution in [0.1, 0.15) is 55.2 Å². The van der Waals surface area contributed by atoms with E-state index >= 15 is 0 Å². The third-order valence-corrected chi connectivity index (χ3v) is 5.74. The molecule has 1 saturated heterocycles. The van der Waals surface area contributed by atoms with E-state index in [1.54, 1.807) is 33.5 Å². The topological polar surface area (TPSA) is 99.8 Å². The Morgan fingerprint density at radius 3 is 2.84 bits per heavy atom. The molecule has 1 saturated carbocycles. The first-order valence-electron chi connectivity index (χ1n) is 11.1. The maximum absolute atomic E-state index is 13.2. The molecule has 0 aromatic carbocycles. The van der Waals surface area contributed by atoms with Crippen molar-refractivity contribution < 1.29 is 14.3 Å². The highest BCUT2D eigenvalue weighted by molar-refractivity contribution is 6.05. The highest BCUT2D eigenvalue weighted by atomic mass is 16.5. The third kappa shape index (κ3) is 4.25. The zero-order valence-corrected chi connectivity index (χ0v) is 18.3. The van der Waals surface area contributed by atoms with Gasteiger partial charge in [0.05, 0.1) is 11.8 Å². The van der Waals surface area contributed by atoms with Crippen LogP contribution < -0.4 is 15.6 Å². The summed E-state index contributed by atoms with van der Waals surface area (Å²) in [6.07, 6.45) is 8.94. The van der Waals surface area contributed by atoms with Crippen LogP contribution in [0.5, 0.6) is 5.88 Å². The van der Waals surface area contributed by atoms with Crippen molar-refractivity contribution in [3.05, 3.63) is 52.3 Å². The standard InChI is InChI=1S/C23H27N5O4/c1-14(2)32-21-18(20(29)25-19-4-3-8-28(22(19)30)17-5-6-17)12-27-11-16(24-23(27)26-21)10-15-7-9-31-13-15/h3-4,8,11-12,14-15,17H,5-7,9-10,13H2,1-2H3,(H,25,29)/t15-/m0/s1. The molecule has 3 aromatic heterocycles. The molecular weight excluding hydrogens is 410 g/mol. The van der Waals surface area contributed by atoms with Crippen LogP contribution in [0.3, 0.4) is 0 Å². The minimum absolute atomic E-state index is 0.176. The van der Waals surface area contributed by atoms with Crippen LogP contribution in [0.4, 0.5) is 5.69 Å². The Bertz CT molecular complexity index is 1200. The lowest BCUT2D eigenvalue weighted by atomic mass is 10.0. The number of nitrogens with one attached hydrogen (secondary N) is 1. The molecule has 0 radical (unpaired) electrons. The van der Waals surface area contributed by atoms with Crippen LogP contribution in [-0.2, 0) is 11.2 Å². The summed E-state index contributed by atoms with van der Waals surface area (Å²) in [6, 6.07) is 3.62. The van der Waals surface area contributed by atoms with E-state index in [0.29, 0.717) is 11.7 Å². The predicted molar refractivity (Wildman–Crippen MR) is 118 cm³/mol. The van der Waals surface area contributed by atoms with E-state index in [1.807, 2.05) is 20.0 Å². The van der Waals surface area contributed by atoms with E-state index in [1.165, 1.54) is 0 Å². The molecule has 1 amide bonds. The number of imidazole rings is 1. The minimum atomic E-state index is -0.444. The number of anilines is 1. The Morgan fingerprint density at radius 2 is 2.12 bits per heavy atom. The summed E-state index contributed by atoms with van der Waals surface area (Å²) in [5, 5.41) is 2.75. The molecule has 1 N–H and O–H groups in total. The van der Waals surface area contributed by atoms with Crippen LogP contribution in [0.15, 0.2) is 35.5 Å². The van der Waals surface area contributed by atoms with Crippen molar-refractivity contribution in [2.45, 2.75) is 51.7 Å². The second-order valence-electron chi connectivity index (χ2n) is 8.82. The Morgan fingerprint density at radius 1 is 1.28 bits per heavy atom. The van der Waals surface area contributed by atoms with Gasteiger partial charge in [-0.25, -0.2) is 4.98 Å². The number of hydrogen-bond acceptors (Lipinski definition) is 6. The molecule has 0 unspecified atom stereocenters. The number of fused-ring (bicyclic) bond motifs is 1. The van der Waals surface area contributed by atoms with Crippen molar-refractivity contribution in [2.75, 3.05) is 18.5 Å². The van der Waals surface area contributed by atoms with Gasteiger partial charge in [0, 0.05) is 37.8 Å². The molecule has 32 heavy (non-hydrogen) atoms. The van der Waals surface area contributed by atoms with Crippen molar-refractivity contribution in [2.24, 2.45) is 5.92 Å². The molecule has 1 aliphatic carbocycles. The van der Waals surface area contributed by atoms with Crippen LogP contribution >= 0.6 is 0 Å². The molecule has 1 aliphatic heterocycles. The van der Waals surface area contributed by atoms with Gasteiger partial charge in [0.15, 0.2) is 0 Å². The van der Waals surface area contributed by atoms with Crippen LogP contribution in [0.25, 0.3) is 5.78 Å². The molecule has 1 atom stereocenters. The summed E-state index contributed by atoms with van der Waals surface area (Å²) < 4.78 is 14.7. The average molecular weight is 438 g/mol. The number of aromatic nitrogens is 4. The van der Waals surface area contributed by atoms with Gasteiger partial charge in [-0.3, -0.25) is 14.0 Å². The van der Waals surface area contributed by atoms with E-state index < -0.39 is 5.91 Å². The van der Waals surface area contributed by atoms with Gasteiger partial charge in [-0.1, -0.05) is 0 Å². The maximum Gasteiger partial charge on any atom is 0.274 e. The monoisotopic (exact) mass is 437 g/mol. The smallest absolute Gasteiger partial charge is 0.274 e. The van der Waals surface area contributed by atoms with E-state index in [9.17, 15) is 9.59 Å².